The monoisotopic (exact) mass is 240 g/mol. The van der Waals surface area contributed by atoms with Gasteiger partial charge in [0.1, 0.15) is 0 Å². The van der Waals surface area contributed by atoms with Gasteiger partial charge in [0.05, 0.1) is 6.10 Å². The highest BCUT2D eigenvalue weighted by atomic mass is 28.4. The molecule has 0 aromatic rings. The second-order valence-corrected chi connectivity index (χ2v) is 10.3. The normalized spacial score (nSPS) is 14.6. The van der Waals surface area contributed by atoms with E-state index in [9.17, 15) is 0 Å². The van der Waals surface area contributed by atoms with Gasteiger partial charge in [-0.25, -0.2) is 0 Å². The van der Waals surface area contributed by atoms with Crippen LogP contribution in [0.4, 0.5) is 0 Å². The van der Waals surface area contributed by atoms with Crippen LogP contribution in [0, 0.1) is 17.8 Å². The van der Waals surface area contributed by atoms with Gasteiger partial charge in [-0.2, -0.15) is 0 Å². The lowest BCUT2D eigenvalue weighted by Crippen LogP contribution is -2.44. The van der Waals surface area contributed by atoms with Crippen molar-refractivity contribution in [2.45, 2.75) is 72.2 Å². The largest absolute Gasteiger partial charge is 0.412 e. The number of hydrogen-bond donors (Lipinski definition) is 0. The minimum atomic E-state index is -1.52. The van der Waals surface area contributed by atoms with Gasteiger partial charge in [-0.3, -0.25) is 0 Å². The molecule has 0 N–H and O–H groups in total. The lowest BCUT2D eigenvalue weighted by Gasteiger charge is -2.38. The van der Waals surface area contributed by atoms with Crippen molar-refractivity contribution in [3.8, 4) is 12.3 Å². The molecule has 94 valence electrons. The van der Waals surface area contributed by atoms with Crippen LogP contribution in [0.25, 0.3) is 0 Å². The summed E-state index contributed by atoms with van der Waals surface area (Å²) in [5.74, 6) is 2.77. The summed E-state index contributed by atoms with van der Waals surface area (Å²) in [4.78, 5) is 0. The smallest absolute Gasteiger partial charge is 0.192 e. The van der Waals surface area contributed by atoms with Crippen molar-refractivity contribution in [1.82, 2.24) is 0 Å². The molecule has 1 nitrogen and oxygen atoms in total. The molecule has 0 saturated heterocycles. The Labute approximate surface area is 103 Å². The number of rotatable bonds is 6. The minimum absolute atomic E-state index is 0.143. The molecular formula is C14H28OSi. The van der Waals surface area contributed by atoms with Crippen molar-refractivity contribution in [3.05, 3.63) is 0 Å². The average Bonchev–Trinajstić information content (AvgIpc) is 2.23. The molecular weight excluding hydrogens is 212 g/mol. The summed E-state index contributed by atoms with van der Waals surface area (Å²) in [6, 6.07) is 3.57. The standard InChI is InChI=1S/C14H28OSi/c1-8-12-13(14(5,6)7)15-16(9-2,10-3)11-4/h1,13H,9-12H2,2-7H3/t13-/m0/s1. The summed E-state index contributed by atoms with van der Waals surface area (Å²) in [5, 5.41) is 0. The Bertz CT molecular complexity index is 222. The van der Waals surface area contributed by atoms with E-state index < -0.39 is 8.32 Å². The molecule has 0 radical (unpaired) electrons. The topological polar surface area (TPSA) is 9.23 Å². The van der Waals surface area contributed by atoms with Crippen LogP contribution in [0.1, 0.15) is 48.0 Å². The zero-order chi connectivity index (χ0) is 12.8. The molecule has 0 unspecified atom stereocenters. The second-order valence-electron chi connectivity index (χ2n) is 5.62. The van der Waals surface area contributed by atoms with E-state index in [0.29, 0.717) is 0 Å². The molecule has 0 aromatic heterocycles. The Balaban J connectivity index is 4.79. The van der Waals surface area contributed by atoms with Gasteiger partial charge in [-0.1, -0.05) is 41.5 Å². The van der Waals surface area contributed by atoms with Crippen molar-refractivity contribution in [2.75, 3.05) is 0 Å². The minimum Gasteiger partial charge on any atom is -0.412 e. The maximum atomic E-state index is 6.49. The Morgan fingerprint density at radius 1 is 1.12 bits per heavy atom. The fraction of sp³-hybridized carbons (Fsp3) is 0.857. The van der Waals surface area contributed by atoms with Gasteiger partial charge in [-0.05, 0) is 23.5 Å². The SMILES string of the molecule is C#CC[C@H](O[Si](CC)(CC)CC)C(C)(C)C. The van der Waals surface area contributed by atoms with Gasteiger partial charge in [0.25, 0.3) is 0 Å². The molecule has 0 fully saturated rings. The van der Waals surface area contributed by atoms with Crippen molar-refractivity contribution < 1.29 is 4.43 Å². The molecule has 2 heteroatoms. The molecule has 0 amide bonds. The molecule has 0 aliphatic heterocycles. The van der Waals surface area contributed by atoms with Gasteiger partial charge < -0.3 is 4.43 Å². The van der Waals surface area contributed by atoms with Gasteiger partial charge >= 0.3 is 0 Å². The van der Waals surface area contributed by atoms with Crippen molar-refractivity contribution in [3.63, 3.8) is 0 Å². The van der Waals surface area contributed by atoms with E-state index >= 15 is 0 Å². The predicted molar refractivity (Wildman–Crippen MR) is 75.0 cm³/mol. The first-order chi connectivity index (χ1) is 7.35. The number of hydrogen-bond acceptors (Lipinski definition) is 1. The molecule has 0 bridgehead atoms. The summed E-state index contributed by atoms with van der Waals surface area (Å²) in [5.41, 5.74) is 0.143. The van der Waals surface area contributed by atoms with Crippen LogP contribution in [-0.2, 0) is 4.43 Å². The first kappa shape index (κ1) is 15.7. The maximum absolute atomic E-state index is 6.49. The third-order valence-electron chi connectivity index (χ3n) is 3.59. The maximum Gasteiger partial charge on any atom is 0.192 e. The summed E-state index contributed by atoms with van der Waals surface area (Å²) >= 11 is 0. The fourth-order valence-electron chi connectivity index (χ4n) is 1.93. The first-order valence-electron chi connectivity index (χ1n) is 6.46. The van der Waals surface area contributed by atoms with E-state index in [1.165, 1.54) is 18.1 Å². The van der Waals surface area contributed by atoms with Gasteiger partial charge in [-0.15, -0.1) is 12.3 Å². The lowest BCUT2D eigenvalue weighted by molar-refractivity contribution is 0.0801. The van der Waals surface area contributed by atoms with Gasteiger partial charge in [0.2, 0.25) is 0 Å². The highest BCUT2D eigenvalue weighted by Crippen LogP contribution is 2.32. The highest BCUT2D eigenvalue weighted by Gasteiger charge is 2.35. The molecule has 0 aliphatic rings. The Kier molecular flexibility index (Phi) is 6.36. The average molecular weight is 240 g/mol. The van der Waals surface area contributed by atoms with Crippen molar-refractivity contribution in [1.29, 1.82) is 0 Å². The lowest BCUT2D eigenvalue weighted by atomic mass is 9.87. The summed E-state index contributed by atoms with van der Waals surface area (Å²) in [7, 11) is -1.52. The third-order valence-corrected chi connectivity index (χ3v) is 8.24. The van der Waals surface area contributed by atoms with E-state index in [1.54, 1.807) is 0 Å². The van der Waals surface area contributed by atoms with E-state index in [2.05, 4.69) is 47.5 Å². The van der Waals surface area contributed by atoms with Gasteiger partial charge in [0.15, 0.2) is 8.32 Å². The molecule has 0 saturated carbocycles. The van der Waals surface area contributed by atoms with Crippen molar-refractivity contribution >= 4 is 8.32 Å². The van der Waals surface area contributed by atoms with E-state index in [-0.39, 0.29) is 11.5 Å². The van der Waals surface area contributed by atoms with Crippen LogP contribution >= 0.6 is 0 Å². The summed E-state index contributed by atoms with van der Waals surface area (Å²) in [6.07, 6.45) is 6.40. The zero-order valence-corrected chi connectivity index (χ0v) is 12.9. The number of terminal acetylenes is 1. The molecule has 1 atom stereocenters. The van der Waals surface area contributed by atoms with Crippen LogP contribution in [0.2, 0.25) is 18.1 Å². The van der Waals surface area contributed by atoms with Crippen molar-refractivity contribution in [2.24, 2.45) is 5.41 Å². The van der Waals surface area contributed by atoms with Gasteiger partial charge in [0, 0.05) is 6.42 Å². The highest BCUT2D eigenvalue weighted by molar-refractivity contribution is 6.73. The Morgan fingerprint density at radius 2 is 1.56 bits per heavy atom. The summed E-state index contributed by atoms with van der Waals surface area (Å²) in [6.45, 7) is 13.4. The zero-order valence-electron chi connectivity index (χ0n) is 11.9. The quantitative estimate of drug-likeness (QED) is 0.492. The molecule has 0 aromatic carbocycles. The van der Waals surface area contributed by atoms with E-state index in [1.807, 2.05) is 0 Å². The van der Waals surface area contributed by atoms with E-state index in [4.69, 9.17) is 10.8 Å². The van der Waals surface area contributed by atoms with E-state index in [0.717, 1.165) is 6.42 Å². The van der Waals surface area contributed by atoms with Crippen LogP contribution in [0.15, 0.2) is 0 Å². The summed E-state index contributed by atoms with van der Waals surface area (Å²) < 4.78 is 6.49. The third kappa shape index (κ3) is 4.31. The Morgan fingerprint density at radius 3 is 1.81 bits per heavy atom. The van der Waals surface area contributed by atoms with Crippen LogP contribution < -0.4 is 0 Å². The molecule has 0 rings (SSSR count). The van der Waals surface area contributed by atoms with Crippen LogP contribution in [-0.4, -0.2) is 14.4 Å². The van der Waals surface area contributed by atoms with Crippen LogP contribution in [0.5, 0.6) is 0 Å². The Hall–Kier alpha value is -0.263. The second kappa shape index (κ2) is 6.47. The molecule has 16 heavy (non-hydrogen) atoms. The van der Waals surface area contributed by atoms with Crippen LogP contribution in [0.3, 0.4) is 0 Å². The fourth-order valence-corrected chi connectivity index (χ4v) is 4.97. The molecule has 0 aliphatic carbocycles. The first-order valence-corrected chi connectivity index (χ1v) is 8.99. The molecule has 0 spiro atoms. The molecule has 0 heterocycles. The predicted octanol–water partition coefficient (Wildman–Crippen LogP) is 4.45.